The fraction of sp³-hybridized carbons (Fsp3) is 0.231. The molecule has 0 unspecified atom stereocenters. The Kier molecular flexibility index (Phi) is 2.30. The minimum atomic E-state index is -0.906. The maximum Gasteiger partial charge on any atom is 0.293 e. The zero-order valence-corrected chi connectivity index (χ0v) is 9.83. The van der Waals surface area contributed by atoms with Crippen LogP contribution in [0, 0.1) is 0 Å². The Labute approximate surface area is 103 Å². The highest BCUT2D eigenvalue weighted by molar-refractivity contribution is 6.83. The van der Waals surface area contributed by atoms with Gasteiger partial charge in [-0.1, -0.05) is 18.2 Å². The summed E-state index contributed by atoms with van der Waals surface area (Å²) in [4.78, 5) is 23.0. The lowest BCUT2D eigenvalue weighted by Crippen LogP contribution is -2.09. The molecule has 0 saturated carbocycles. The van der Waals surface area contributed by atoms with Crippen molar-refractivity contribution >= 4 is 33.5 Å². The highest BCUT2D eigenvalue weighted by Gasteiger charge is 2.27. The highest BCUT2D eigenvalue weighted by Crippen LogP contribution is 2.31. The number of Topliss-reactive ketones (excluding diaryl/α,β-unsaturated/α-hetero) is 1. The van der Waals surface area contributed by atoms with Gasteiger partial charge in [0.1, 0.15) is 0 Å². The van der Waals surface area contributed by atoms with Gasteiger partial charge in [0.2, 0.25) is 5.78 Å². The molecule has 0 atom stereocenters. The van der Waals surface area contributed by atoms with Gasteiger partial charge < -0.3 is 4.57 Å². The Balaban J connectivity index is 2.37. The van der Waals surface area contributed by atoms with Crippen LogP contribution >= 0.6 is 11.6 Å². The van der Waals surface area contributed by atoms with Gasteiger partial charge >= 0.3 is 0 Å². The molecule has 1 aliphatic rings. The molecule has 0 radical (unpaired) electrons. The molecule has 4 heteroatoms. The molecule has 0 saturated heterocycles. The van der Waals surface area contributed by atoms with E-state index >= 15 is 0 Å². The number of carbonyl (C=O) groups excluding carboxylic acids is 2. The average Bonchev–Trinajstić information content (AvgIpc) is 2.87. The summed E-state index contributed by atoms with van der Waals surface area (Å²) in [6.07, 6.45) is 1.84. The minimum Gasteiger partial charge on any atom is -0.344 e. The first-order valence-electron chi connectivity index (χ1n) is 5.54. The number of halogens is 1. The summed E-state index contributed by atoms with van der Waals surface area (Å²) in [5.74, 6) is -0.585. The third-order valence-electron chi connectivity index (χ3n) is 3.28. The number of para-hydroxylation sites is 1. The molecule has 1 aromatic heterocycles. The zero-order chi connectivity index (χ0) is 12.0. The maximum atomic E-state index is 11.9. The van der Waals surface area contributed by atoms with Crippen LogP contribution in [0.3, 0.4) is 0 Å². The van der Waals surface area contributed by atoms with Gasteiger partial charge in [0.25, 0.3) is 5.24 Å². The van der Waals surface area contributed by atoms with Crippen molar-refractivity contribution in [1.82, 2.24) is 4.57 Å². The van der Waals surface area contributed by atoms with Crippen LogP contribution in [0.4, 0.5) is 0 Å². The molecule has 3 nitrogen and oxygen atoms in total. The molecular weight excluding hydrogens is 238 g/mol. The van der Waals surface area contributed by atoms with Gasteiger partial charge in [-0.05, 0) is 30.5 Å². The number of ketones is 1. The van der Waals surface area contributed by atoms with Crippen LogP contribution < -0.4 is 0 Å². The van der Waals surface area contributed by atoms with Gasteiger partial charge in [-0.2, -0.15) is 0 Å². The third-order valence-corrected chi connectivity index (χ3v) is 3.45. The molecule has 86 valence electrons. The van der Waals surface area contributed by atoms with Crippen molar-refractivity contribution < 1.29 is 9.59 Å². The molecule has 0 aliphatic carbocycles. The fourth-order valence-corrected chi connectivity index (χ4v) is 2.72. The SMILES string of the molecule is O=C(Cl)C(=O)c1c2n(c3ccccc13)CCC2. The largest absolute Gasteiger partial charge is 0.344 e. The molecule has 17 heavy (non-hydrogen) atoms. The fourth-order valence-electron chi connectivity index (χ4n) is 2.63. The van der Waals surface area contributed by atoms with Crippen molar-refractivity contribution in [3.63, 3.8) is 0 Å². The number of rotatable bonds is 2. The Hall–Kier alpha value is -1.61. The topological polar surface area (TPSA) is 39.1 Å². The number of aryl methyl sites for hydroxylation is 1. The quantitative estimate of drug-likeness (QED) is 0.465. The predicted molar refractivity (Wildman–Crippen MR) is 65.4 cm³/mol. The van der Waals surface area contributed by atoms with Gasteiger partial charge in [0.05, 0.1) is 5.56 Å². The molecular formula is C13H10ClNO2. The molecule has 2 heterocycles. The van der Waals surface area contributed by atoms with E-state index in [9.17, 15) is 9.59 Å². The number of hydrogen-bond donors (Lipinski definition) is 0. The maximum absolute atomic E-state index is 11.9. The second-order valence-corrected chi connectivity index (χ2v) is 4.54. The molecule has 0 spiro atoms. The Morgan fingerprint density at radius 3 is 2.76 bits per heavy atom. The number of benzene rings is 1. The Morgan fingerprint density at radius 2 is 2.00 bits per heavy atom. The number of aromatic nitrogens is 1. The lowest BCUT2D eigenvalue weighted by Gasteiger charge is -1.97. The zero-order valence-electron chi connectivity index (χ0n) is 9.07. The van der Waals surface area contributed by atoms with Gasteiger partial charge in [0.15, 0.2) is 0 Å². The van der Waals surface area contributed by atoms with Crippen LogP contribution in [0.5, 0.6) is 0 Å². The lowest BCUT2D eigenvalue weighted by molar-refractivity contribution is -0.108. The standard InChI is InChI=1S/C13H10ClNO2/c14-13(17)12(16)11-8-4-1-2-5-9(8)15-7-3-6-10(11)15/h1-2,4-5H,3,6-7H2. The lowest BCUT2D eigenvalue weighted by atomic mass is 10.1. The Morgan fingerprint density at radius 1 is 1.24 bits per heavy atom. The van der Waals surface area contributed by atoms with E-state index in [1.165, 1.54) is 0 Å². The monoisotopic (exact) mass is 247 g/mol. The van der Waals surface area contributed by atoms with E-state index in [0.29, 0.717) is 5.56 Å². The summed E-state index contributed by atoms with van der Waals surface area (Å²) in [5, 5.41) is -0.0720. The first-order chi connectivity index (χ1) is 8.20. The minimum absolute atomic E-state index is 0.498. The molecule has 1 aromatic carbocycles. The van der Waals surface area contributed by atoms with Gasteiger partial charge in [-0.3, -0.25) is 9.59 Å². The first kappa shape index (κ1) is 10.5. The molecule has 3 rings (SSSR count). The van der Waals surface area contributed by atoms with Crippen LogP contribution in [0.1, 0.15) is 22.5 Å². The third kappa shape index (κ3) is 1.42. The summed E-state index contributed by atoms with van der Waals surface area (Å²) in [5.41, 5.74) is 2.46. The molecule has 1 aliphatic heterocycles. The number of fused-ring (bicyclic) bond motifs is 3. The van der Waals surface area contributed by atoms with E-state index in [2.05, 4.69) is 4.57 Å². The van der Waals surface area contributed by atoms with Gasteiger partial charge in [0, 0.05) is 23.1 Å². The summed E-state index contributed by atoms with van der Waals surface area (Å²) < 4.78 is 2.11. The summed E-state index contributed by atoms with van der Waals surface area (Å²) >= 11 is 5.32. The van der Waals surface area contributed by atoms with E-state index in [-0.39, 0.29) is 0 Å². The summed E-state index contributed by atoms with van der Waals surface area (Å²) in [6.45, 7) is 0.902. The molecule has 0 N–H and O–H groups in total. The van der Waals surface area contributed by atoms with Gasteiger partial charge in [-0.25, -0.2) is 0 Å². The molecule has 0 fully saturated rings. The molecule has 0 amide bonds. The molecule has 2 aromatic rings. The van der Waals surface area contributed by atoms with Gasteiger partial charge in [-0.15, -0.1) is 0 Å². The summed E-state index contributed by atoms with van der Waals surface area (Å²) in [7, 11) is 0. The van der Waals surface area contributed by atoms with E-state index in [4.69, 9.17) is 11.6 Å². The highest BCUT2D eigenvalue weighted by atomic mass is 35.5. The normalized spacial score (nSPS) is 13.9. The summed E-state index contributed by atoms with van der Waals surface area (Å²) in [6, 6.07) is 7.64. The number of carbonyl (C=O) groups is 2. The second kappa shape index (κ2) is 3.70. The van der Waals surface area contributed by atoms with Crippen LogP contribution in [-0.4, -0.2) is 15.6 Å². The van der Waals surface area contributed by atoms with Crippen molar-refractivity contribution in [2.24, 2.45) is 0 Å². The molecule has 0 bridgehead atoms. The second-order valence-electron chi connectivity index (χ2n) is 4.20. The van der Waals surface area contributed by atoms with Crippen molar-refractivity contribution in [1.29, 1.82) is 0 Å². The smallest absolute Gasteiger partial charge is 0.293 e. The van der Waals surface area contributed by atoms with E-state index < -0.39 is 11.0 Å². The van der Waals surface area contributed by atoms with Crippen molar-refractivity contribution in [3.05, 3.63) is 35.5 Å². The van der Waals surface area contributed by atoms with Crippen molar-refractivity contribution in [3.8, 4) is 0 Å². The van der Waals surface area contributed by atoms with Crippen LogP contribution in [0.25, 0.3) is 10.9 Å². The van der Waals surface area contributed by atoms with Crippen molar-refractivity contribution in [2.45, 2.75) is 19.4 Å². The van der Waals surface area contributed by atoms with E-state index in [1.807, 2.05) is 24.3 Å². The first-order valence-corrected chi connectivity index (χ1v) is 5.92. The number of hydrogen-bond acceptors (Lipinski definition) is 2. The van der Waals surface area contributed by atoms with Crippen LogP contribution in [0.2, 0.25) is 0 Å². The van der Waals surface area contributed by atoms with E-state index in [1.54, 1.807) is 0 Å². The predicted octanol–water partition coefficient (Wildman–Crippen LogP) is 2.54. The van der Waals surface area contributed by atoms with E-state index in [0.717, 1.165) is 36.0 Å². The Bertz CT molecular complexity index is 642. The van der Waals surface area contributed by atoms with Crippen LogP contribution in [0.15, 0.2) is 24.3 Å². The van der Waals surface area contributed by atoms with Crippen LogP contribution in [-0.2, 0) is 17.8 Å². The number of nitrogens with zero attached hydrogens (tertiary/aromatic N) is 1. The van der Waals surface area contributed by atoms with Crippen molar-refractivity contribution in [2.75, 3.05) is 0 Å². The average molecular weight is 248 g/mol.